The Balaban J connectivity index is 2.34. The molecule has 2 N–H and O–H groups in total. The Morgan fingerprint density at radius 3 is 2.48 bits per heavy atom. The standard InChI is InChI=1S/C16H19N3O3S/c1-9-5-6-10(2)12(7-9)23-8-11(20)13-14(17)18(3)16(22)19(4)15(13)21/h5-7H,8,17H2,1-4H3. The predicted octanol–water partition coefficient (Wildman–Crippen LogP) is 1.26. The molecule has 122 valence electrons. The lowest BCUT2D eigenvalue weighted by Gasteiger charge is -2.11. The number of aryl methyl sites for hydroxylation is 2. The molecule has 0 aliphatic rings. The van der Waals surface area contributed by atoms with Gasteiger partial charge in [0.25, 0.3) is 5.56 Å². The van der Waals surface area contributed by atoms with Crippen LogP contribution < -0.4 is 17.0 Å². The molecule has 2 rings (SSSR count). The molecule has 0 aliphatic carbocycles. The first-order valence-corrected chi connectivity index (χ1v) is 8.01. The van der Waals surface area contributed by atoms with Crippen molar-refractivity contribution < 1.29 is 4.79 Å². The molecule has 0 bridgehead atoms. The van der Waals surface area contributed by atoms with Gasteiger partial charge in [0.15, 0.2) is 5.78 Å². The number of Topliss-reactive ketones (excluding diaryl/α,β-unsaturated/α-hetero) is 1. The van der Waals surface area contributed by atoms with Gasteiger partial charge in [-0.1, -0.05) is 17.7 Å². The normalized spacial score (nSPS) is 10.8. The number of carbonyl (C=O) groups excluding carboxylic acids is 1. The van der Waals surface area contributed by atoms with E-state index in [-0.39, 0.29) is 22.9 Å². The molecule has 2 aromatic rings. The quantitative estimate of drug-likeness (QED) is 0.672. The number of thioether (sulfide) groups is 1. The second-order valence-electron chi connectivity index (χ2n) is 5.45. The van der Waals surface area contributed by atoms with Crippen LogP contribution >= 0.6 is 11.8 Å². The molecule has 1 aromatic carbocycles. The molecule has 0 spiro atoms. The summed E-state index contributed by atoms with van der Waals surface area (Å²) in [6.45, 7) is 3.94. The summed E-state index contributed by atoms with van der Waals surface area (Å²) in [6.07, 6.45) is 0. The van der Waals surface area contributed by atoms with Crippen LogP contribution in [0.25, 0.3) is 0 Å². The van der Waals surface area contributed by atoms with Crippen molar-refractivity contribution in [2.45, 2.75) is 18.7 Å². The van der Waals surface area contributed by atoms with Gasteiger partial charge in [-0.05, 0) is 25.5 Å². The highest BCUT2D eigenvalue weighted by atomic mass is 32.2. The summed E-state index contributed by atoms with van der Waals surface area (Å²) >= 11 is 1.36. The smallest absolute Gasteiger partial charge is 0.332 e. The van der Waals surface area contributed by atoms with Crippen molar-refractivity contribution in [3.05, 3.63) is 55.7 Å². The molecule has 0 radical (unpaired) electrons. The second kappa shape index (κ2) is 6.45. The fourth-order valence-corrected chi connectivity index (χ4v) is 3.20. The van der Waals surface area contributed by atoms with Crippen LogP contribution in [0.5, 0.6) is 0 Å². The highest BCUT2D eigenvalue weighted by Gasteiger charge is 2.20. The molecule has 0 saturated carbocycles. The van der Waals surface area contributed by atoms with E-state index >= 15 is 0 Å². The minimum Gasteiger partial charge on any atom is -0.384 e. The van der Waals surface area contributed by atoms with Gasteiger partial charge < -0.3 is 5.73 Å². The number of ketones is 1. The third-order valence-electron chi connectivity index (χ3n) is 3.69. The molecule has 0 fully saturated rings. The van der Waals surface area contributed by atoms with Gasteiger partial charge in [-0.25, -0.2) is 4.79 Å². The first-order valence-electron chi connectivity index (χ1n) is 7.02. The third-order valence-corrected chi connectivity index (χ3v) is 4.85. The summed E-state index contributed by atoms with van der Waals surface area (Å²) in [6, 6.07) is 5.99. The van der Waals surface area contributed by atoms with E-state index < -0.39 is 11.2 Å². The van der Waals surface area contributed by atoms with E-state index in [1.807, 2.05) is 32.0 Å². The van der Waals surface area contributed by atoms with Crippen molar-refractivity contribution >= 4 is 23.4 Å². The zero-order chi connectivity index (χ0) is 17.3. The van der Waals surface area contributed by atoms with Crippen molar-refractivity contribution in [3.8, 4) is 0 Å². The van der Waals surface area contributed by atoms with Crippen molar-refractivity contribution in [1.82, 2.24) is 9.13 Å². The van der Waals surface area contributed by atoms with Crippen LogP contribution in [-0.2, 0) is 14.1 Å². The van der Waals surface area contributed by atoms with Gasteiger partial charge in [-0.15, -0.1) is 11.8 Å². The molecular formula is C16H19N3O3S. The maximum absolute atomic E-state index is 12.4. The van der Waals surface area contributed by atoms with Gasteiger partial charge in [0.1, 0.15) is 11.4 Å². The van der Waals surface area contributed by atoms with Crippen molar-refractivity contribution in [2.75, 3.05) is 11.5 Å². The Kier molecular flexibility index (Phi) is 4.79. The average molecular weight is 333 g/mol. The molecule has 23 heavy (non-hydrogen) atoms. The van der Waals surface area contributed by atoms with Gasteiger partial charge in [-0.3, -0.25) is 18.7 Å². The zero-order valence-electron chi connectivity index (χ0n) is 13.5. The number of nitrogens with zero attached hydrogens (tertiary/aromatic N) is 2. The Bertz CT molecular complexity index is 897. The number of benzene rings is 1. The van der Waals surface area contributed by atoms with Crippen LogP contribution in [0.2, 0.25) is 0 Å². The van der Waals surface area contributed by atoms with E-state index in [4.69, 9.17) is 5.73 Å². The van der Waals surface area contributed by atoms with E-state index in [9.17, 15) is 14.4 Å². The van der Waals surface area contributed by atoms with Crippen LogP contribution in [0, 0.1) is 13.8 Å². The maximum Gasteiger partial charge on any atom is 0.332 e. The molecule has 7 heteroatoms. The van der Waals surface area contributed by atoms with Gasteiger partial charge in [0.05, 0.1) is 5.75 Å². The Hall–Kier alpha value is -2.28. The summed E-state index contributed by atoms with van der Waals surface area (Å²) < 4.78 is 2.00. The van der Waals surface area contributed by atoms with E-state index in [2.05, 4.69) is 0 Å². The molecule has 0 saturated heterocycles. The number of anilines is 1. The summed E-state index contributed by atoms with van der Waals surface area (Å²) in [4.78, 5) is 37.4. The van der Waals surface area contributed by atoms with Gasteiger partial charge >= 0.3 is 5.69 Å². The first kappa shape index (κ1) is 17.1. The number of carbonyl (C=O) groups is 1. The third kappa shape index (κ3) is 3.24. The molecule has 0 unspecified atom stereocenters. The Labute approximate surface area is 137 Å². The average Bonchev–Trinajstić information content (AvgIpc) is 2.52. The molecule has 0 atom stereocenters. The summed E-state index contributed by atoms with van der Waals surface area (Å²) in [5.74, 6) is -0.392. The van der Waals surface area contributed by atoms with Crippen LogP contribution in [-0.4, -0.2) is 20.7 Å². The Morgan fingerprint density at radius 1 is 1.17 bits per heavy atom. The topological polar surface area (TPSA) is 87.1 Å². The Morgan fingerprint density at radius 2 is 1.83 bits per heavy atom. The van der Waals surface area contributed by atoms with Crippen LogP contribution in [0.15, 0.2) is 32.7 Å². The van der Waals surface area contributed by atoms with Crippen LogP contribution in [0.3, 0.4) is 0 Å². The van der Waals surface area contributed by atoms with Gasteiger partial charge in [0, 0.05) is 19.0 Å². The summed E-state index contributed by atoms with van der Waals surface area (Å²) in [7, 11) is 2.77. The van der Waals surface area contributed by atoms with Crippen LogP contribution in [0.1, 0.15) is 21.5 Å². The largest absolute Gasteiger partial charge is 0.384 e. The number of aromatic nitrogens is 2. The number of nitrogens with two attached hydrogens (primary N) is 1. The zero-order valence-corrected chi connectivity index (χ0v) is 14.4. The first-order chi connectivity index (χ1) is 10.7. The number of nitrogen functional groups attached to an aromatic ring is 1. The monoisotopic (exact) mass is 333 g/mol. The van der Waals surface area contributed by atoms with E-state index in [0.717, 1.165) is 25.2 Å². The summed E-state index contributed by atoms with van der Waals surface area (Å²) in [5.41, 5.74) is 6.62. The molecule has 0 amide bonds. The predicted molar refractivity (Wildman–Crippen MR) is 92.3 cm³/mol. The van der Waals surface area contributed by atoms with Crippen molar-refractivity contribution in [2.24, 2.45) is 14.1 Å². The summed E-state index contributed by atoms with van der Waals surface area (Å²) in [5, 5.41) is 0. The SMILES string of the molecule is Cc1ccc(C)c(SCC(=O)c2c(N)n(C)c(=O)n(C)c2=O)c1. The second-order valence-corrected chi connectivity index (χ2v) is 6.46. The fraction of sp³-hybridized carbons (Fsp3) is 0.312. The van der Waals surface area contributed by atoms with Gasteiger partial charge in [-0.2, -0.15) is 0 Å². The fourth-order valence-electron chi connectivity index (χ4n) is 2.20. The molecule has 1 heterocycles. The lowest BCUT2D eigenvalue weighted by atomic mass is 10.2. The minimum absolute atomic E-state index is 0.0853. The molecular weight excluding hydrogens is 314 g/mol. The lowest BCUT2D eigenvalue weighted by molar-refractivity contribution is 0.102. The number of rotatable bonds is 4. The van der Waals surface area contributed by atoms with Crippen molar-refractivity contribution in [3.63, 3.8) is 0 Å². The highest BCUT2D eigenvalue weighted by Crippen LogP contribution is 2.24. The van der Waals surface area contributed by atoms with Gasteiger partial charge in [0.2, 0.25) is 0 Å². The van der Waals surface area contributed by atoms with E-state index in [1.165, 1.54) is 25.9 Å². The maximum atomic E-state index is 12.4. The van der Waals surface area contributed by atoms with E-state index in [0.29, 0.717) is 0 Å². The number of hydrogen-bond acceptors (Lipinski definition) is 5. The highest BCUT2D eigenvalue weighted by molar-refractivity contribution is 8.00. The van der Waals surface area contributed by atoms with Crippen LogP contribution in [0.4, 0.5) is 5.82 Å². The number of hydrogen-bond donors (Lipinski definition) is 1. The lowest BCUT2D eigenvalue weighted by Crippen LogP contribution is -2.41. The van der Waals surface area contributed by atoms with Crippen molar-refractivity contribution in [1.29, 1.82) is 0 Å². The molecule has 1 aromatic heterocycles. The minimum atomic E-state index is -0.655. The van der Waals surface area contributed by atoms with E-state index in [1.54, 1.807) is 0 Å². The molecule has 6 nitrogen and oxygen atoms in total. The molecule has 0 aliphatic heterocycles.